The normalized spacial score (nSPS) is 9.42. The molecule has 0 atom stereocenters. The highest BCUT2D eigenvalue weighted by atomic mass is 16.1. The van der Waals surface area contributed by atoms with Gasteiger partial charge < -0.3 is 4.57 Å². The fraction of sp³-hybridized carbons (Fsp3) is 0.333. The summed E-state index contributed by atoms with van der Waals surface area (Å²) in [7, 11) is 1.66. The zero-order valence-corrected chi connectivity index (χ0v) is 7.16. The van der Waals surface area contributed by atoms with Crippen LogP contribution in [0.4, 0.5) is 0 Å². The summed E-state index contributed by atoms with van der Waals surface area (Å²) in [5, 5.41) is 8.61. The first-order chi connectivity index (χ1) is 5.69. The maximum Gasteiger partial charge on any atom is 0.253 e. The predicted molar refractivity (Wildman–Crippen MR) is 45.8 cm³/mol. The Hall–Kier alpha value is -1.56. The fourth-order valence-electron chi connectivity index (χ4n) is 1.09. The van der Waals surface area contributed by atoms with Gasteiger partial charge in [-0.1, -0.05) is 6.92 Å². The number of nitrogens with zero attached hydrogens (tertiary/aromatic N) is 2. The number of aromatic nitrogens is 1. The minimum absolute atomic E-state index is 0.0171. The number of pyridine rings is 1. The summed E-state index contributed by atoms with van der Waals surface area (Å²) >= 11 is 0. The maximum absolute atomic E-state index is 11.3. The van der Waals surface area contributed by atoms with Crippen LogP contribution in [0, 0.1) is 11.3 Å². The minimum atomic E-state index is -0.0171. The lowest BCUT2D eigenvalue weighted by atomic mass is 10.2. The molecule has 0 fully saturated rings. The highest BCUT2D eigenvalue weighted by molar-refractivity contribution is 5.29. The Balaban J connectivity index is 3.42. The van der Waals surface area contributed by atoms with Crippen molar-refractivity contribution in [2.75, 3.05) is 0 Å². The molecule has 1 heterocycles. The molecule has 0 unspecified atom stereocenters. The minimum Gasteiger partial charge on any atom is -0.317 e. The first kappa shape index (κ1) is 8.54. The summed E-state index contributed by atoms with van der Waals surface area (Å²) in [5.74, 6) is 0. The van der Waals surface area contributed by atoms with Crippen LogP contribution in [-0.2, 0) is 13.5 Å². The highest BCUT2D eigenvalue weighted by Gasteiger charge is 2.01. The Bertz CT molecular complexity index is 384. The molecule has 1 aromatic heterocycles. The molecule has 0 aliphatic carbocycles. The topological polar surface area (TPSA) is 45.8 Å². The number of nitriles is 1. The van der Waals surface area contributed by atoms with Gasteiger partial charge in [-0.15, -0.1) is 0 Å². The van der Waals surface area contributed by atoms with Crippen molar-refractivity contribution in [3.8, 4) is 6.07 Å². The molecule has 0 saturated heterocycles. The third-order valence-corrected chi connectivity index (χ3v) is 1.77. The van der Waals surface area contributed by atoms with E-state index in [1.54, 1.807) is 19.3 Å². The van der Waals surface area contributed by atoms with E-state index in [-0.39, 0.29) is 5.56 Å². The molecule has 1 rings (SSSR count). The lowest BCUT2D eigenvalue weighted by molar-refractivity contribution is 0.831. The molecule has 12 heavy (non-hydrogen) atoms. The molecule has 0 aromatic carbocycles. The molecule has 3 heteroatoms. The Kier molecular flexibility index (Phi) is 2.29. The molecule has 62 valence electrons. The first-order valence-corrected chi connectivity index (χ1v) is 3.78. The zero-order chi connectivity index (χ0) is 9.14. The van der Waals surface area contributed by atoms with Crippen LogP contribution < -0.4 is 5.56 Å². The van der Waals surface area contributed by atoms with Gasteiger partial charge in [0.2, 0.25) is 0 Å². The quantitative estimate of drug-likeness (QED) is 0.613. The average Bonchev–Trinajstić information content (AvgIpc) is 2.09. The summed E-state index contributed by atoms with van der Waals surface area (Å²) in [6.07, 6.45) is 2.21. The second-order valence-electron chi connectivity index (χ2n) is 2.64. The van der Waals surface area contributed by atoms with Crippen LogP contribution in [0.25, 0.3) is 0 Å². The number of aryl methyl sites for hydroxylation is 2. The Morgan fingerprint density at radius 3 is 2.83 bits per heavy atom. The van der Waals surface area contributed by atoms with Gasteiger partial charge in [-0.2, -0.15) is 5.26 Å². The fourth-order valence-corrected chi connectivity index (χ4v) is 1.09. The van der Waals surface area contributed by atoms with E-state index < -0.39 is 0 Å². The highest BCUT2D eigenvalue weighted by Crippen LogP contribution is 1.98. The smallest absolute Gasteiger partial charge is 0.253 e. The van der Waals surface area contributed by atoms with Crippen molar-refractivity contribution >= 4 is 0 Å². The van der Waals surface area contributed by atoms with Gasteiger partial charge in [0.15, 0.2) is 0 Å². The average molecular weight is 162 g/mol. The van der Waals surface area contributed by atoms with Gasteiger partial charge in [0.1, 0.15) is 6.07 Å². The van der Waals surface area contributed by atoms with Crippen LogP contribution in [0.1, 0.15) is 18.1 Å². The van der Waals surface area contributed by atoms with Gasteiger partial charge in [0.05, 0.1) is 5.56 Å². The summed E-state index contributed by atoms with van der Waals surface area (Å²) in [6, 6.07) is 3.65. The van der Waals surface area contributed by atoms with E-state index in [1.807, 2.05) is 13.0 Å². The second-order valence-corrected chi connectivity index (χ2v) is 2.64. The Morgan fingerprint density at radius 1 is 1.67 bits per heavy atom. The second kappa shape index (κ2) is 3.22. The Labute approximate surface area is 70.9 Å². The van der Waals surface area contributed by atoms with Crippen molar-refractivity contribution in [2.45, 2.75) is 13.3 Å². The van der Waals surface area contributed by atoms with Gasteiger partial charge in [0.25, 0.3) is 5.56 Å². The van der Waals surface area contributed by atoms with Crippen LogP contribution >= 0.6 is 0 Å². The van der Waals surface area contributed by atoms with Crippen LogP contribution in [-0.4, -0.2) is 4.57 Å². The van der Waals surface area contributed by atoms with Crippen molar-refractivity contribution in [2.24, 2.45) is 7.05 Å². The van der Waals surface area contributed by atoms with E-state index in [4.69, 9.17) is 5.26 Å². The predicted octanol–water partition coefficient (Wildman–Crippen LogP) is 0.819. The number of rotatable bonds is 1. The summed E-state index contributed by atoms with van der Waals surface area (Å²) in [5.41, 5.74) is 1.21. The molecule has 0 radical (unpaired) electrons. The van der Waals surface area contributed by atoms with E-state index in [0.29, 0.717) is 17.5 Å². The van der Waals surface area contributed by atoms with E-state index in [2.05, 4.69) is 0 Å². The lowest BCUT2D eigenvalue weighted by Gasteiger charge is -2.00. The van der Waals surface area contributed by atoms with Crippen LogP contribution in [0.15, 0.2) is 17.1 Å². The molecule has 0 aliphatic heterocycles. The largest absolute Gasteiger partial charge is 0.317 e. The Morgan fingerprint density at radius 2 is 2.33 bits per heavy atom. The SMILES string of the molecule is CCc1cc(C#N)cn(C)c1=O. The maximum atomic E-state index is 11.3. The standard InChI is InChI=1S/C9H10N2O/c1-3-8-4-7(5-10)6-11(2)9(8)12/h4,6H,3H2,1-2H3. The number of hydrogen-bond acceptors (Lipinski definition) is 2. The van der Waals surface area contributed by atoms with E-state index in [0.717, 1.165) is 0 Å². The van der Waals surface area contributed by atoms with Gasteiger partial charge in [0, 0.05) is 18.8 Å². The van der Waals surface area contributed by atoms with Crippen molar-refractivity contribution in [3.05, 3.63) is 33.7 Å². The third-order valence-electron chi connectivity index (χ3n) is 1.77. The molecule has 0 N–H and O–H groups in total. The molecule has 0 bridgehead atoms. The van der Waals surface area contributed by atoms with Gasteiger partial charge >= 0.3 is 0 Å². The van der Waals surface area contributed by atoms with Crippen LogP contribution in [0.2, 0.25) is 0 Å². The zero-order valence-electron chi connectivity index (χ0n) is 7.16. The molecule has 0 amide bonds. The van der Waals surface area contributed by atoms with E-state index in [9.17, 15) is 4.79 Å². The van der Waals surface area contributed by atoms with Crippen molar-refractivity contribution in [3.63, 3.8) is 0 Å². The summed E-state index contributed by atoms with van der Waals surface area (Å²) in [4.78, 5) is 11.3. The summed E-state index contributed by atoms with van der Waals surface area (Å²) in [6.45, 7) is 1.90. The lowest BCUT2D eigenvalue weighted by Crippen LogP contribution is -2.20. The molecule has 1 aromatic rings. The number of hydrogen-bond donors (Lipinski definition) is 0. The first-order valence-electron chi connectivity index (χ1n) is 3.78. The van der Waals surface area contributed by atoms with Crippen molar-refractivity contribution in [1.29, 1.82) is 5.26 Å². The molecule has 0 aliphatic rings. The van der Waals surface area contributed by atoms with Gasteiger partial charge in [-0.3, -0.25) is 4.79 Å². The van der Waals surface area contributed by atoms with E-state index >= 15 is 0 Å². The van der Waals surface area contributed by atoms with Gasteiger partial charge in [-0.25, -0.2) is 0 Å². The monoisotopic (exact) mass is 162 g/mol. The van der Waals surface area contributed by atoms with E-state index in [1.165, 1.54) is 4.57 Å². The molecule has 0 saturated carbocycles. The van der Waals surface area contributed by atoms with Crippen LogP contribution in [0.5, 0.6) is 0 Å². The van der Waals surface area contributed by atoms with Crippen LogP contribution in [0.3, 0.4) is 0 Å². The molecular weight excluding hydrogens is 152 g/mol. The van der Waals surface area contributed by atoms with Crippen molar-refractivity contribution < 1.29 is 0 Å². The van der Waals surface area contributed by atoms with Gasteiger partial charge in [-0.05, 0) is 12.5 Å². The summed E-state index contributed by atoms with van der Waals surface area (Å²) < 4.78 is 1.44. The molecular formula is C9H10N2O. The molecule has 0 spiro atoms. The third kappa shape index (κ3) is 1.37. The molecule has 3 nitrogen and oxygen atoms in total. The van der Waals surface area contributed by atoms with Crippen molar-refractivity contribution in [1.82, 2.24) is 4.57 Å².